The van der Waals surface area contributed by atoms with Crippen molar-refractivity contribution in [3.8, 4) is 11.3 Å². The van der Waals surface area contributed by atoms with Crippen LogP contribution in [-0.4, -0.2) is 28.9 Å². The summed E-state index contributed by atoms with van der Waals surface area (Å²) in [6, 6.07) is 11.0. The lowest BCUT2D eigenvalue weighted by molar-refractivity contribution is -0.122. The number of halogens is 2. The quantitative estimate of drug-likeness (QED) is 0.452. The van der Waals surface area contributed by atoms with Gasteiger partial charge in [-0.25, -0.2) is 18.9 Å². The summed E-state index contributed by atoms with van der Waals surface area (Å²) in [5.41, 5.74) is -0.0373. The van der Waals surface area contributed by atoms with E-state index < -0.39 is 35.2 Å². The number of barbiturate groups is 1. The van der Waals surface area contributed by atoms with Gasteiger partial charge in [-0.1, -0.05) is 23.7 Å². The SMILES string of the molecule is O=C1NC(=O)N(c2cccc(F)c2)C(=O)/C1=C\c1ccc(-c2ccc(C(=O)O)c(Cl)c2)o1. The van der Waals surface area contributed by atoms with E-state index in [2.05, 4.69) is 0 Å². The van der Waals surface area contributed by atoms with E-state index in [1.807, 2.05) is 5.32 Å². The van der Waals surface area contributed by atoms with Gasteiger partial charge in [-0.05, 0) is 48.5 Å². The highest BCUT2D eigenvalue weighted by molar-refractivity contribution is 6.39. The first-order valence-electron chi connectivity index (χ1n) is 9.04. The maximum absolute atomic E-state index is 13.6. The standard InChI is InChI=1S/C22H12ClFN2O6/c23-17-8-11(4-6-15(17)21(29)30)18-7-5-14(32-18)10-16-19(27)25-22(31)26(20(16)28)13-3-1-2-12(24)9-13/h1-10H,(H,29,30)(H,25,27,31)/b16-10-. The molecule has 0 spiro atoms. The number of urea groups is 1. The molecule has 2 N–H and O–H groups in total. The number of nitrogens with one attached hydrogen (secondary N) is 1. The number of rotatable bonds is 4. The van der Waals surface area contributed by atoms with Gasteiger partial charge in [-0.3, -0.25) is 14.9 Å². The topological polar surface area (TPSA) is 117 Å². The average molecular weight is 455 g/mol. The Morgan fingerprint density at radius 2 is 1.88 bits per heavy atom. The molecule has 10 heteroatoms. The molecule has 4 amide bonds. The number of aromatic carboxylic acids is 1. The van der Waals surface area contributed by atoms with Crippen molar-refractivity contribution in [3.05, 3.63) is 82.3 Å². The number of hydrogen-bond donors (Lipinski definition) is 2. The van der Waals surface area contributed by atoms with Crippen molar-refractivity contribution in [1.82, 2.24) is 5.32 Å². The second kappa shape index (κ2) is 8.12. The molecule has 0 unspecified atom stereocenters. The van der Waals surface area contributed by atoms with Crippen molar-refractivity contribution in [2.45, 2.75) is 0 Å². The van der Waals surface area contributed by atoms with Crippen molar-refractivity contribution in [3.63, 3.8) is 0 Å². The predicted molar refractivity (Wildman–Crippen MR) is 112 cm³/mol. The fourth-order valence-corrected chi connectivity index (χ4v) is 3.34. The molecule has 1 aliphatic heterocycles. The van der Waals surface area contributed by atoms with Gasteiger partial charge in [0.15, 0.2) is 0 Å². The monoisotopic (exact) mass is 454 g/mol. The summed E-state index contributed by atoms with van der Waals surface area (Å²) in [5, 5.41) is 11.1. The number of carbonyl (C=O) groups excluding carboxylic acids is 3. The largest absolute Gasteiger partial charge is 0.478 e. The Kier molecular flexibility index (Phi) is 5.33. The van der Waals surface area contributed by atoms with Crippen molar-refractivity contribution >= 4 is 47.2 Å². The molecule has 0 aliphatic carbocycles. The molecule has 0 bridgehead atoms. The van der Waals surface area contributed by atoms with Gasteiger partial charge in [0.1, 0.15) is 22.9 Å². The smallest absolute Gasteiger partial charge is 0.337 e. The van der Waals surface area contributed by atoms with Crippen LogP contribution < -0.4 is 10.2 Å². The molecule has 2 heterocycles. The third-order valence-corrected chi connectivity index (χ3v) is 4.88. The molecule has 2 aromatic carbocycles. The molecule has 1 aromatic heterocycles. The van der Waals surface area contributed by atoms with Gasteiger partial charge in [0.05, 0.1) is 16.3 Å². The van der Waals surface area contributed by atoms with E-state index in [9.17, 15) is 23.6 Å². The Bertz CT molecular complexity index is 1330. The molecular formula is C22H12ClFN2O6. The van der Waals surface area contributed by atoms with Gasteiger partial charge in [-0.15, -0.1) is 0 Å². The summed E-state index contributed by atoms with van der Waals surface area (Å²) in [6.45, 7) is 0. The molecular weight excluding hydrogens is 443 g/mol. The Morgan fingerprint density at radius 1 is 1.09 bits per heavy atom. The molecule has 4 rings (SSSR count). The highest BCUT2D eigenvalue weighted by atomic mass is 35.5. The molecule has 1 fully saturated rings. The molecule has 1 aliphatic rings. The maximum Gasteiger partial charge on any atom is 0.337 e. The summed E-state index contributed by atoms with van der Waals surface area (Å²) in [5.74, 6) is -3.29. The first-order valence-corrected chi connectivity index (χ1v) is 9.42. The Balaban J connectivity index is 1.66. The summed E-state index contributed by atoms with van der Waals surface area (Å²) in [4.78, 5) is 49.0. The number of hydrogen-bond acceptors (Lipinski definition) is 5. The summed E-state index contributed by atoms with van der Waals surface area (Å²) >= 11 is 5.98. The van der Waals surface area contributed by atoms with E-state index in [1.54, 1.807) is 6.07 Å². The fourth-order valence-electron chi connectivity index (χ4n) is 3.08. The normalized spacial score (nSPS) is 15.2. The van der Waals surface area contributed by atoms with Crippen LogP contribution in [0.1, 0.15) is 16.1 Å². The van der Waals surface area contributed by atoms with Crippen LogP contribution >= 0.6 is 11.6 Å². The number of carboxylic acids is 1. The second-order valence-corrected chi connectivity index (χ2v) is 7.05. The number of anilines is 1. The summed E-state index contributed by atoms with van der Waals surface area (Å²) < 4.78 is 19.2. The van der Waals surface area contributed by atoms with Crippen molar-refractivity contribution < 1.29 is 33.1 Å². The highest BCUT2D eigenvalue weighted by Crippen LogP contribution is 2.29. The second-order valence-electron chi connectivity index (χ2n) is 6.64. The first kappa shape index (κ1) is 21.0. The van der Waals surface area contributed by atoms with Gasteiger partial charge in [0.2, 0.25) is 0 Å². The lowest BCUT2D eigenvalue weighted by Gasteiger charge is -2.26. The van der Waals surface area contributed by atoms with Crippen LogP contribution in [0.4, 0.5) is 14.9 Å². The molecule has 1 saturated heterocycles. The number of amides is 4. The fraction of sp³-hybridized carbons (Fsp3) is 0. The van der Waals surface area contributed by atoms with Crippen LogP contribution in [0.5, 0.6) is 0 Å². The number of carboxylic acid groups (broad SMARTS) is 1. The molecule has 160 valence electrons. The third-order valence-electron chi connectivity index (χ3n) is 4.57. The van der Waals surface area contributed by atoms with Crippen LogP contribution in [0.25, 0.3) is 17.4 Å². The average Bonchev–Trinajstić information content (AvgIpc) is 3.19. The van der Waals surface area contributed by atoms with E-state index in [-0.39, 0.29) is 22.0 Å². The predicted octanol–water partition coefficient (Wildman–Crippen LogP) is 4.10. The van der Waals surface area contributed by atoms with Gasteiger partial charge >= 0.3 is 12.0 Å². The zero-order chi connectivity index (χ0) is 23.0. The molecule has 0 saturated carbocycles. The van der Waals surface area contributed by atoms with E-state index >= 15 is 0 Å². The van der Waals surface area contributed by atoms with Crippen LogP contribution in [0.2, 0.25) is 5.02 Å². The van der Waals surface area contributed by atoms with Crippen molar-refractivity contribution in [2.24, 2.45) is 0 Å². The van der Waals surface area contributed by atoms with Crippen LogP contribution in [0.15, 0.2) is 64.6 Å². The number of benzene rings is 2. The van der Waals surface area contributed by atoms with Gasteiger partial charge in [-0.2, -0.15) is 0 Å². The Morgan fingerprint density at radius 3 is 2.56 bits per heavy atom. The zero-order valence-electron chi connectivity index (χ0n) is 16.0. The molecule has 32 heavy (non-hydrogen) atoms. The Hall–Kier alpha value is -4.24. The number of nitrogens with zero attached hydrogens (tertiary/aromatic N) is 1. The first-order chi connectivity index (χ1) is 15.2. The maximum atomic E-state index is 13.6. The van der Waals surface area contributed by atoms with Gasteiger partial charge in [0, 0.05) is 5.56 Å². The van der Waals surface area contributed by atoms with E-state index in [4.69, 9.17) is 21.1 Å². The highest BCUT2D eigenvalue weighted by Gasteiger charge is 2.37. The van der Waals surface area contributed by atoms with Gasteiger partial charge in [0.25, 0.3) is 11.8 Å². The minimum Gasteiger partial charge on any atom is -0.478 e. The minimum absolute atomic E-state index is 0.0115. The Labute approximate surface area is 184 Å². The van der Waals surface area contributed by atoms with Crippen molar-refractivity contribution in [1.29, 1.82) is 0 Å². The lowest BCUT2D eigenvalue weighted by Crippen LogP contribution is -2.54. The van der Waals surface area contributed by atoms with E-state index in [0.717, 1.165) is 18.2 Å². The van der Waals surface area contributed by atoms with Crippen LogP contribution in [0.3, 0.4) is 0 Å². The zero-order valence-corrected chi connectivity index (χ0v) is 16.7. The lowest BCUT2D eigenvalue weighted by atomic mass is 10.1. The molecule has 0 atom stereocenters. The third kappa shape index (κ3) is 3.88. The van der Waals surface area contributed by atoms with Crippen LogP contribution in [0, 0.1) is 5.82 Å². The van der Waals surface area contributed by atoms with Crippen LogP contribution in [-0.2, 0) is 9.59 Å². The van der Waals surface area contributed by atoms with E-state index in [1.165, 1.54) is 36.4 Å². The number of furan rings is 1. The molecule has 0 radical (unpaired) electrons. The number of imide groups is 2. The molecule has 8 nitrogen and oxygen atoms in total. The summed E-state index contributed by atoms with van der Waals surface area (Å²) in [7, 11) is 0. The summed E-state index contributed by atoms with van der Waals surface area (Å²) in [6.07, 6.45) is 1.15. The minimum atomic E-state index is -1.18. The van der Waals surface area contributed by atoms with E-state index in [0.29, 0.717) is 16.2 Å². The number of carbonyl (C=O) groups is 4. The van der Waals surface area contributed by atoms with Gasteiger partial charge < -0.3 is 9.52 Å². The molecule has 3 aromatic rings. The van der Waals surface area contributed by atoms with Crippen molar-refractivity contribution in [2.75, 3.05) is 4.90 Å².